The van der Waals surface area contributed by atoms with Crippen LogP contribution in [0.3, 0.4) is 0 Å². The molecule has 1 aromatic carbocycles. The molecule has 24 heavy (non-hydrogen) atoms. The molecule has 0 amide bonds. The third kappa shape index (κ3) is 2.20. The van der Waals surface area contributed by atoms with Gasteiger partial charge in [0.2, 0.25) is 0 Å². The van der Waals surface area contributed by atoms with Crippen LogP contribution in [0.15, 0.2) is 36.8 Å². The Kier molecular flexibility index (Phi) is 2.90. The molecule has 4 rings (SSSR count). The largest absolute Gasteiger partial charge is 0.586 e. The number of imidazole rings is 1. The van der Waals surface area contributed by atoms with Crippen LogP contribution in [-0.2, 0) is 0 Å². The van der Waals surface area contributed by atoms with E-state index in [2.05, 4.69) is 24.4 Å². The minimum absolute atomic E-state index is 0.0597. The van der Waals surface area contributed by atoms with Gasteiger partial charge < -0.3 is 14.5 Å². The van der Waals surface area contributed by atoms with E-state index in [-0.39, 0.29) is 23.0 Å². The highest BCUT2D eigenvalue weighted by Gasteiger charge is 2.43. The third-order valence-electron chi connectivity index (χ3n) is 3.42. The first-order valence-electron chi connectivity index (χ1n) is 6.70. The molecular formula is C14H9F2N5O3. The lowest BCUT2D eigenvalue weighted by molar-refractivity contribution is -0.286. The summed E-state index contributed by atoms with van der Waals surface area (Å²) in [5.41, 5.74) is 1.25. The van der Waals surface area contributed by atoms with Gasteiger partial charge in [-0.15, -0.1) is 8.78 Å². The molecule has 1 aliphatic rings. The Bertz CT molecular complexity index is 958. The van der Waals surface area contributed by atoms with Crippen LogP contribution < -0.4 is 14.5 Å². The second kappa shape index (κ2) is 4.86. The highest BCUT2D eigenvalue weighted by Crippen LogP contribution is 2.42. The van der Waals surface area contributed by atoms with Gasteiger partial charge in [-0.2, -0.15) is 0 Å². The molecule has 0 atom stereocenters. The lowest BCUT2D eigenvalue weighted by atomic mass is 10.2. The third-order valence-corrected chi connectivity index (χ3v) is 3.42. The summed E-state index contributed by atoms with van der Waals surface area (Å²) >= 11 is 0. The number of amidine groups is 1. The van der Waals surface area contributed by atoms with Crippen LogP contribution in [0.25, 0.3) is 11.2 Å². The van der Waals surface area contributed by atoms with Gasteiger partial charge in [-0.3, -0.25) is 10.6 Å². The number of benzene rings is 1. The fourth-order valence-corrected chi connectivity index (χ4v) is 2.36. The molecule has 122 valence electrons. The molecule has 3 aromatic rings. The van der Waals surface area contributed by atoms with Gasteiger partial charge in [0.1, 0.15) is 0 Å². The fraction of sp³-hybridized carbons (Fsp3) is 0.0714. The second-order valence-corrected chi connectivity index (χ2v) is 4.92. The predicted octanol–water partition coefficient (Wildman–Crippen LogP) is 2.50. The van der Waals surface area contributed by atoms with Crippen molar-refractivity contribution in [3.63, 3.8) is 0 Å². The number of aromatic nitrogens is 3. The number of fused-ring (bicyclic) bond motifs is 2. The number of alkyl halides is 2. The number of hydroxylamine groups is 1. The van der Waals surface area contributed by atoms with Gasteiger partial charge in [-0.25, -0.2) is 15.0 Å². The SMILES string of the molecule is N=C(c1ccnc2nc[nH]c12)N(O)c1ccc2c(c1)OC(F)(F)O2. The molecular weight excluding hydrogens is 324 g/mol. The summed E-state index contributed by atoms with van der Waals surface area (Å²) in [6.45, 7) is 0. The molecule has 0 aliphatic carbocycles. The van der Waals surface area contributed by atoms with Crippen LogP contribution in [-0.4, -0.2) is 32.3 Å². The predicted molar refractivity (Wildman–Crippen MR) is 77.6 cm³/mol. The van der Waals surface area contributed by atoms with E-state index in [0.29, 0.717) is 21.8 Å². The molecule has 0 radical (unpaired) electrons. The summed E-state index contributed by atoms with van der Waals surface area (Å²) in [6, 6.07) is 5.22. The summed E-state index contributed by atoms with van der Waals surface area (Å²) in [4.78, 5) is 10.8. The molecule has 8 nitrogen and oxygen atoms in total. The maximum atomic E-state index is 13.1. The quantitative estimate of drug-likeness (QED) is 0.378. The number of aromatic amines is 1. The van der Waals surface area contributed by atoms with Crippen LogP contribution in [0.5, 0.6) is 11.5 Å². The van der Waals surface area contributed by atoms with Gasteiger partial charge >= 0.3 is 6.29 Å². The lowest BCUT2D eigenvalue weighted by Gasteiger charge is -2.18. The second-order valence-electron chi connectivity index (χ2n) is 4.92. The van der Waals surface area contributed by atoms with E-state index in [1.807, 2.05) is 0 Å². The summed E-state index contributed by atoms with van der Waals surface area (Å²) < 4.78 is 34.7. The summed E-state index contributed by atoms with van der Waals surface area (Å²) in [6.07, 6.45) is -0.887. The highest BCUT2D eigenvalue weighted by atomic mass is 19.3. The maximum Gasteiger partial charge on any atom is 0.586 e. The molecule has 0 bridgehead atoms. The minimum atomic E-state index is -3.75. The number of hydrogen-bond acceptors (Lipinski definition) is 6. The Balaban J connectivity index is 1.68. The lowest BCUT2D eigenvalue weighted by Crippen LogP contribution is -2.27. The fourth-order valence-electron chi connectivity index (χ4n) is 2.36. The van der Waals surface area contributed by atoms with Gasteiger partial charge in [0.25, 0.3) is 0 Å². The standard InChI is InChI=1S/C14H9F2N5O3/c15-14(16)23-9-2-1-7(5-10(9)24-14)21(22)12(17)8-3-4-18-13-11(8)19-6-20-13/h1-6,17,22H,(H,18,19,20). The van der Waals surface area contributed by atoms with Gasteiger partial charge in [0.15, 0.2) is 23.0 Å². The first-order chi connectivity index (χ1) is 11.4. The molecule has 3 N–H and O–H groups in total. The maximum absolute atomic E-state index is 13.1. The number of H-pyrrole nitrogens is 1. The van der Waals surface area contributed by atoms with Crippen LogP contribution in [0.4, 0.5) is 14.5 Å². The number of nitrogens with one attached hydrogen (secondary N) is 2. The van der Waals surface area contributed by atoms with Crippen molar-refractivity contribution < 1.29 is 23.5 Å². The average Bonchev–Trinajstić information content (AvgIpc) is 3.14. The number of anilines is 1. The van der Waals surface area contributed by atoms with Crippen molar-refractivity contribution in [2.75, 3.05) is 5.06 Å². The Hall–Kier alpha value is -3.27. The molecule has 1 aliphatic heterocycles. The Morgan fingerprint density at radius 2 is 2.00 bits per heavy atom. The zero-order chi connectivity index (χ0) is 16.9. The van der Waals surface area contributed by atoms with Crippen molar-refractivity contribution in [2.45, 2.75) is 6.29 Å². The molecule has 3 heterocycles. The van der Waals surface area contributed by atoms with Crippen molar-refractivity contribution in [1.29, 1.82) is 5.41 Å². The van der Waals surface area contributed by atoms with E-state index in [1.54, 1.807) is 0 Å². The first kappa shape index (κ1) is 14.3. The molecule has 10 heteroatoms. The van der Waals surface area contributed by atoms with E-state index < -0.39 is 6.29 Å². The zero-order valence-electron chi connectivity index (χ0n) is 11.8. The monoisotopic (exact) mass is 333 g/mol. The molecule has 0 saturated carbocycles. The van der Waals surface area contributed by atoms with Crippen molar-refractivity contribution in [3.8, 4) is 11.5 Å². The van der Waals surface area contributed by atoms with Crippen molar-refractivity contribution in [3.05, 3.63) is 42.4 Å². The summed E-state index contributed by atoms with van der Waals surface area (Å²) in [7, 11) is 0. The zero-order valence-corrected chi connectivity index (χ0v) is 11.8. The highest BCUT2D eigenvalue weighted by molar-refractivity contribution is 6.12. The van der Waals surface area contributed by atoms with E-state index in [4.69, 9.17) is 5.41 Å². The number of ether oxygens (including phenoxy) is 2. The first-order valence-corrected chi connectivity index (χ1v) is 6.70. The van der Waals surface area contributed by atoms with E-state index in [1.165, 1.54) is 30.7 Å². The van der Waals surface area contributed by atoms with Crippen LogP contribution in [0, 0.1) is 5.41 Å². The van der Waals surface area contributed by atoms with E-state index in [9.17, 15) is 14.0 Å². The molecule has 0 saturated heterocycles. The Labute approximate surface area is 132 Å². The number of hydrogen-bond donors (Lipinski definition) is 3. The average molecular weight is 333 g/mol. The van der Waals surface area contributed by atoms with Crippen LogP contribution >= 0.6 is 0 Å². The molecule has 2 aromatic heterocycles. The Morgan fingerprint density at radius 1 is 1.21 bits per heavy atom. The summed E-state index contributed by atoms with van der Waals surface area (Å²) in [5.74, 6) is -0.674. The molecule has 0 fully saturated rings. The van der Waals surface area contributed by atoms with Crippen molar-refractivity contribution in [1.82, 2.24) is 15.0 Å². The van der Waals surface area contributed by atoms with Crippen LogP contribution in [0.2, 0.25) is 0 Å². The topological polar surface area (TPSA) is 107 Å². The van der Waals surface area contributed by atoms with Crippen molar-refractivity contribution >= 4 is 22.7 Å². The van der Waals surface area contributed by atoms with Crippen molar-refractivity contribution in [2.24, 2.45) is 0 Å². The molecule has 0 unspecified atom stereocenters. The van der Waals surface area contributed by atoms with Gasteiger partial charge in [0, 0.05) is 17.8 Å². The number of pyridine rings is 1. The van der Waals surface area contributed by atoms with Gasteiger partial charge in [-0.05, 0) is 18.2 Å². The van der Waals surface area contributed by atoms with Gasteiger partial charge in [-0.1, -0.05) is 0 Å². The smallest absolute Gasteiger partial charge is 0.395 e. The number of nitrogens with zero attached hydrogens (tertiary/aromatic N) is 3. The number of halogens is 2. The molecule has 0 spiro atoms. The van der Waals surface area contributed by atoms with Gasteiger partial charge in [0.05, 0.1) is 17.5 Å². The number of rotatable bonds is 2. The Morgan fingerprint density at radius 3 is 2.83 bits per heavy atom. The van der Waals surface area contributed by atoms with E-state index in [0.717, 1.165) is 6.07 Å². The normalized spacial score (nSPS) is 14.8. The van der Waals surface area contributed by atoms with E-state index >= 15 is 0 Å². The minimum Gasteiger partial charge on any atom is -0.395 e. The van der Waals surface area contributed by atoms with Crippen LogP contribution in [0.1, 0.15) is 5.56 Å². The summed E-state index contributed by atoms with van der Waals surface area (Å²) in [5, 5.41) is 19.0.